The standard InChI is InChI=1S/C15H28N2O3/c1-10(2)12(11(3)4)9-16-14(20)17-15(6-5-7-15)8-13(18)19/h10-12H,5-9H2,1-4H3,(H,18,19)(H2,16,17,20). The zero-order valence-corrected chi connectivity index (χ0v) is 13.0. The molecule has 0 unspecified atom stereocenters. The highest BCUT2D eigenvalue weighted by Crippen LogP contribution is 2.34. The van der Waals surface area contributed by atoms with Crippen LogP contribution >= 0.6 is 0 Å². The molecule has 0 atom stereocenters. The molecule has 0 saturated heterocycles. The lowest BCUT2D eigenvalue weighted by Crippen LogP contribution is -2.57. The Hall–Kier alpha value is -1.26. The molecule has 1 aliphatic rings. The maximum Gasteiger partial charge on any atom is 0.315 e. The third-order valence-electron chi connectivity index (χ3n) is 4.39. The van der Waals surface area contributed by atoms with E-state index in [4.69, 9.17) is 5.11 Å². The number of carboxylic acid groups (broad SMARTS) is 1. The number of amides is 2. The van der Waals surface area contributed by atoms with E-state index in [2.05, 4.69) is 38.3 Å². The highest BCUT2D eigenvalue weighted by Gasteiger charge is 2.40. The van der Waals surface area contributed by atoms with Crippen LogP contribution in [0.1, 0.15) is 53.4 Å². The smallest absolute Gasteiger partial charge is 0.315 e. The van der Waals surface area contributed by atoms with E-state index in [1.165, 1.54) is 0 Å². The molecule has 0 spiro atoms. The fourth-order valence-corrected chi connectivity index (χ4v) is 2.98. The van der Waals surface area contributed by atoms with Crippen molar-refractivity contribution in [1.82, 2.24) is 10.6 Å². The molecule has 2 amide bonds. The Morgan fingerprint density at radius 1 is 1.15 bits per heavy atom. The SMILES string of the molecule is CC(C)C(CNC(=O)NC1(CC(=O)O)CCC1)C(C)C. The molecule has 0 aliphatic heterocycles. The number of carboxylic acids is 1. The van der Waals surface area contributed by atoms with Gasteiger partial charge in [-0.3, -0.25) is 4.79 Å². The first kappa shape index (κ1) is 16.8. The van der Waals surface area contributed by atoms with E-state index in [1.54, 1.807) is 0 Å². The van der Waals surface area contributed by atoms with E-state index in [9.17, 15) is 9.59 Å². The van der Waals surface area contributed by atoms with Crippen LogP contribution in [0.5, 0.6) is 0 Å². The topological polar surface area (TPSA) is 78.4 Å². The van der Waals surface area contributed by atoms with Crippen molar-refractivity contribution in [2.75, 3.05) is 6.54 Å². The first-order chi connectivity index (χ1) is 9.26. The predicted molar refractivity (Wildman–Crippen MR) is 78.5 cm³/mol. The molecule has 1 rings (SSSR count). The van der Waals surface area contributed by atoms with Crippen molar-refractivity contribution in [3.63, 3.8) is 0 Å². The first-order valence-corrected chi connectivity index (χ1v) is 7.53. The molecule has 3 N–H and O–H groups in total. The van der Waals surface area contributed by atoms with Gasteiger partial charge in [0, 0.05) is 6.54 Å². The second-order valence-corrected chi connectivity index (χ2v) is 6.69. The second kappa shape index (κ2) is 6.95. The van der Waals surface area contributed by atoms with E-state index in [0.717, 1.165) is 19.3 Å². The number of hydrogen-bond acceptors (Lipinski definition) is 2. The number of aliphatic carboxylic acids is 1. The minimum Gasteiger partial charge on any atom is -0.481 e. The van der Waals surface area contributed by atoms with E-state index >= 15 is 0 Å². The molecule has 0 aromatic heterocycles. The largest absolute Gasteiger partial charge is 0.481 e. The summed E-state index contributed by atoms with van der Waals surface area (Å²) < 4.78 is 0. The summed E-state index contributed by atoms with van der Waals surface area (Å²) in [5, 5.41) is 14.7. The fourth-order valence-electron chi connectivity index (χ4n) is 2.98. The quantitative estimate of drug-likeness (QED) is 0.672. The molecule has 1 saturated carbocycles. The Kier molecular flexibility index (Phi) is 5.84. The van der Waals surface area contributed by atoms with Gasteiger partial charge in [-0.05, 0) is 37.0 Å². The Morgan fingerprint density at radius 2 is 1.70 bits per heavy atom. The predicted octanol–water partition coefficient (Wildman–Crippen LogP) is 2.61. The molecule has 0 radical (unpaired) electrons. The molecule has 0 aromatic carbocycles. The highest BCUT2D eigenvalue weighted by atomic mass is 16.4. The van der Waals surface area contributed by atoms with E-state index in [-0.39, 0.29) is 12.5 Å². The summed E-state index contributed by atoms with van der Waals surface area (Å²) >= 11 is 0. The molecule has 0 heterocycles. The van der Waals surface area contributed by atoms with E-state index in [1.807, 2.05) is 0 Å². The number of rotatable bonds is 7. The lowest BCUT2D eigenvalue weighted by Gasteiger charge is -2.41. The van der Waals surface area contributed by atoms with E-state index < -0.39 is 11.5 Å². The van der Waals surface area contributed by atoms with Crippen molar-refractivity contribution < 1.29 is 14.7 Å². The van der Waals surface area contributed by atoms with Gasteiger partial charge in [-0.15, -0.1) is 0 Å². The van der Waals surface area contributed by atoms with Crippen molar-refractivity contribution in [1.29, 1.82) is 0 Å². The summed E-state index contributed by atoms with van der Waals surface area (Å²) in [5.74, 6) is 0.587. The van der Waals surface area contributed by atoms with Gasteiger partial charge in [0.15, 0.2) is 0 Å². The van der Waals surface area contributed by atoms with Gasteiger partial charge in [0.05, 0.1) is 12.0 Å². The molecule has 1 aliphatic carbocycles. The minimum absolute atomic E-state index is 0.0121. The molecular formula is C15H28N2O3. The van der Waals surface area contributed by atoms with E-state index in [0.29, 0.717) is 24.3 Å². The van der Waals surface area contributed by atoms with Gasteiger partial charge >= 0.3 is 12.0 Å². The lowest BCUT2D eigenvalue weighted by molar-refractivity contribution is -0.139. The van der Waals surface area contributed by atoms with Crippen molar-refractivity contribution in [3.8, 4) is 0 Å². The summed E-state index contributed by atoms with van der Waals surface area (Å²) in [4.78, 5) is 22.8. The normalized spacial score (nSPS) is 17.1. The molecule has 5 nitrogen and oxygen atoms in total. The van der Waals surface area contributed by atoms with Crippen LogP contribution in [0, 0.1) is 17.8 Å². The fraction of sp³-hybridized carbons (Fsp3) is 0.867. The van der Waals surface area contributed by atoms with Crippen molar-refractivity contribution >= 4 is 12.0 Å². The molecule has 1 fully saturated rings. The zero-order valence-electron chi connectivity index (χ0n) is 13.0. The van der Waals surface area contributed by atoms with Gasteiger partial charge in [0.25, 0.3) is 0 Å². The van der Waals surface area contributed by atoms with Gasteiger partial charge in [-0.2, -0.15) is 0 Å². The van der Waals surface area contributed by atoms with Crippen molar-refractivity contribution in [3.05, 3.63) is 0 Å². The van der Waals surface area contributed by atoms with Gasteiger partial charge in [0.2, 0.25) is 0 Å². The van der Waals surface area contributed by atoms with Crippen LogP contribution in [-0.2, 0) is 4.79 Å². The third kappa shape index (κ3) is 4.69. The summed E-state index contributed by atoms with van der Waals surface area (Å²) in [5.41, 5.74) is -0.527. The lowest BCUT2D eigenvalue weighted by atomic mass is 9.74. The molecular weight excluding hydrogens is 256 g/mol. The molecule has 0 aromatic rings. The molecule has 20 heavy (non-hydrogen) atoms. The Labute approximate surface area is 121 Å². The first-order valence-electron chi connectivity index (χ1n) is 7.53. The van der Waals surface area contributed by atoms with Crippen LogP contribution in [0.3, 0.4) is 0 Å². The maximum absolute atomic E-state index is 12.0. The Balaban J connectivity index is 2.44. The summed E-state index contributed by atoms with van der Waals surface area (Å²) in [6.07, 6.45) is 2.50. The van der Waals surface area contributed by atoms with Crippen LogP contribution in [0.25, 0.3) is 0 Å². The molecule has 0 bridgehead atoms. The maximum atomic E-state index is 12.0. The van der Waals surface area contributed by atoms with Crippen molar-refractivity contribution in [2.45, 2.75) is 58.9 Å². The Bertz CT molecular complexity index is 341. The summed E-state index contributed by atoms with van der Waals surface area (Å²) in [6, 6.07) is -0.239. The van der Waals surface area contributed by atoms with Gasteiger partial charge in [0.1, 0.15) is 0 Å². The summed E-state index contributed by atoms with van der Waals surface area (Å²) in [6.45, 7) is 9.25. The van der Waals surface area contributed by atoms with Gasteiger partial charge < -0.3 is 15.7 Å². The number of carbonyl (C=O) groups is 2. The van der Waals surface area contributed by atoms with Crippen LogP contribution < -0.4 is 10.6 Å². The van der Waals surface area contributed by atoms with Crippen LogP contribution in [0.4, 0.5) is 4.79 Å². The second-order valence-electron chi connectivity index (χ2n) is 6.69. The number of urea groups is 1. The number of nitrogens with one attached hydrogen (secondary N) is 2. The third-order valence-corrected chi connectivity index (χ3v) is 4.39. The molecule has 5 heteroatoms. The minimum atomic E-state index is -0.854. The molecule has 116 valence electrons. The average molecular weight is 284 g/mol. The van der Waals surface area contributed by atoms with Crippen LogP contribution in [0.2, 0.25) is 0 Å². The van der Waals surface area contributed by atoms with Crippen LogP contribution in [-0.4, -0.2) is 29.2 Å². The monoisotopic (exact) mass is 284 g/mol. The highest BCUT2D eigenvalue weighted by molar-refractivity contribution is 5.77. The van der Waals surface area contributed by atoms with Gasteiger partial charge in [-0.25, -0.2) is 4.79 Å². The number of carbonyl (C=O) groups excluding carboxylic acids is 1. The summed E-state index contributed by atoms with van der Waals surface area (Å²) in [7, 11) is 0. The van der Waals surface area contributed by atoms with Crippen LogP contribution in [0.15, 0.2) is 0 Å². The average Bonchev–Trinajstić information content (AvgIpc) is 2.24. The van der Waals surface area contributed by atoms with Gasteiger partial charge in [-0.1, -0.05) is 27.7 Å². The number of hydrogen-bond donors (Lipinski definition) is 3. The van der Waals surface area contributed by atoms with Crippen molar-refractivity contribution in [2.24, 2.45) is 17.8 Å². The Morgan fingerprint density at radius 3 is 2.05 bits per heavy atom. The zero-order chi connectivity index (χ0) is 15.3.